The zero-order chi connectivity index (χ0) is 16.4. The summed E-state index contributed by atoms with van der Waals surface area (Å²) in [5, 5.41) is 2.94. The van der Waals surface area contributed by atoms with E-state index in [-0.39, 0.29) is 18.0 Å². The fourth-order valence-corrected chi connectivity index (χ4v) is 3.70. The third kappa shape index (κ3) is 3.05. The van der Waals surface area contributed by atoms with Crippen molar-refractivity contribution < 1.29 is 9.59 Å². The van der Waals surface area contributed by atoms with Crippen molar-refractivity contribution in [3.63, 3.8) is 0 Å². The van der Waals surface area contributed by atoms with E-state index in [1.54, 1.807) is 0 Å². The Hall–Kier alpha value is -2.04. The summed E-state index contributed by atoms with van der Waals surface area (Å²) in [7, 11) is 0. The van der Waals surface area contributed by atoms with E-state index in [1.165, 1.54) is 0 Å². The van der Waals surface area contributed by atoms with E-state index >= 15 is 0 Å². The molecule has 2 aliphatic rings. The molecule has 3 amide bonds. The Balaban J connectivity index is 1.75. The van der Waals surface area contributed by atoms with E-state index < -0.39 is 5.41 Å². The highest BCUT2D eigenvalue weighted by Gasteiger charge is 2.50. The van der Waals surface area contributed by atoms with Gasteiger partial charge in [-0.15, -0.1) is 0 Å². The van der Waals surface area contributed by atoms with E-state index in [0.29, 0.717) is 6.54 Å². The number of nitrogens with one attached hydrogen (secondary N) is 1. The Bertz CT molecular complexity index is 587. The van der Waals surface area contributed by atoms with Crippen LogP contribution in [0.5, 0.6) is 0 Å². The number of para-hydroxylation sites is 1. The number of benzene rings is 1. The number of hydrogen-bond donors (Lipinski definition) is 1. The lowest BCUT2D eigenvalue weighted by atomic mass is 9.78. The van der Waals surface area contributed by atoms with Gasteiger partial charge in [-0.3, -0.25) is 4.79 Å². The molecule has 2 saturated heterocycles. The molecule has 2 aliphatic heterocycles. The molecule has 0 radical (unpaired) electrons. The Morgan fingerprint density at radius 3 is 2.61 bits per heavy atom. The van der Waals surface area contributed by atoms with Crippen LogP contribution in [0.25, 0.3) is 0 Å². The lowest BCUT2D eigenvalue weighted by molar-refractivity contribution is -0.127. The van der Waals surface area contributed by atoms with Crippen molar-refractivity contribution in [2.24, 2.45) is 5.41 Å². The van der Waals surface area contributed by atoms with Crippen molar-refractivity contribution in [1.82, 2.24) is 10.2 Å². The predicted molar refractivity (Wildman–Crippen MR) is 90.3 cm³/mol. The topological polar surface area (TPSA) is 52.7 Å². The second kappa shape index (κ2) is 6.22. The van der Waals surface area contributed by atoms with Gasteiger partial charge >= 0.3 is 6.03 Å². The van der Waals surface area contributed by atoms with E-state index in [4.69, 9.17) is 0 Å². The summed E-state index contributed by atoms with van der Waals surface area (Å²) >= 11 is 0. The molecule has 0 aromatic heterocycles. The van der Waals surface area contributed by atoms with Gasteiger partial charge < -0.3 is 15.1 Å². The largest absolute Gasteiger partial charge is 0.336 e. The standard InChI is InChI=1S/C18H25N3O2/c1-14(2)19-17(23)20-11-6-9-18(13-20)10-12-21(16(18)22)15-7-4-3-5-8-15/h3-5,7-8,14H,6,9-13H2,1-2H3,(H,19,23)/t18-/m0/s1. The van der Waals surface area contributed by atoms with E-state index in [9.17, 15) is 9.59 Å². The van der Waals surface area contributed by atoms with Gasteiger partial charge in [0, 0.05) is 31.4 Å². The Morgan fingerprint density at radius 1 is 1.17 bits per heavy atom. The summed E-state index contributed by atoms with van der Waals surface area (Å²) in [6.07, 6.45) is 2.59. The van der Waals surface area contributed by atoms with Crippen LogP contribution in [0.3, 0.4) is 0 Å². The summed E-state index contributed by atoms with van der Waals surface area (Å²) in [4.78, 5) is 29.0. The molecule has 0 aliphatic carbocycles. The van der Waals surface area contributed by atoms with Crippen LogP contribution < -0.4 is 10.2 Å². The molecule has 0 saturated carbocycles. The van der Waals surface area contributed by atoms with Gasteiger partial charge in [0.05, 0.1) is 5.41 Å². The van der Waals surface area contributed by atoms with Crippen molar-refractivity contribution in [2.75, 3.05) is 24.5 Å². The number of anilines is 1. The van der Waals surface area contributed by atoms with Gasteiger partial charge in [0.15, 0.2) is 0 Å². The van der Waals surface area contributed by atoms with Crippen LogP contribution in [-0.2, 0) is 4.79 Å². The predicted octanol–water partition coefficient (Wildman–Crippen LogP) is 2.62. The minimum absolute atomic E-state index is 0.0509. The number of amides is 3. The lowest BCUT2D eigenvalue weighted by Crippen LogP contribution is -2.53. The molecule has 5 nitrogen and oxygen atoms in total. The monoisotopic (exact) mass is 315 g/mol. The summed E-state index contributed by atoms with van der Waals surface area (Å²) < 4.78 is 0. The molecule has 1 atom stereocenters. The first-order valence-corrected chi connectivity index (χ1v) is 8.44. The molecule has 3 rings (SSSR count). The van der Waals surface area contributed by atoms with Crippen LogP contribution in [0.2, 0.25) is 0 Å². The average molecular weight is 315 g/mol. The van der Waals surface area contributed by atoms with Gasteiger partial charge in [-0.05, 0) is 45.2 Å². The Kier molecular flexibility index (Phi) is 4.28. The smallest absolute Gasteiger partial charge is 0.317 e. The van der Waals surface area contributed by atoms with Crippen LogP contribution >= 0.6 is 0 Å². The molecule has 1 N–H and O–H groups in total. The second-order valence-corrected chi connectivity index (χ2v) is 6.95. The number of rotatable bonds is 2. The van der Waals surface area contributed by atoms with E-state index in [0.717, 1.165) is 38.0 Å². The number of likely N-dealkylation sites (tertiary alicyclic amines) is 1. The molecule has 5 heteroatoms. The van der Waals surface area contributed by atoms with Gasteiger partial charge in [0.25, 0.3) is 0 Å². The maximum Gasteiger partial charge on any atom is 0.317 e. The number of urea groups is 1. The minimum Gasteiger partial charge on any atom is -0.336 e. The highest BCUT2D eigenvalue weighted by molar-refractivity contribution is 6.00. The number of carbonyl (C=O) groups excluding carboxylic acids is 2. The Morgan fingerprint density at radius 2 is 1.91 bits per heavy atom. The van der Waals surface area contributed by atoms with Crippen molar-refractivity contribution in [3.05, 3.63) is 30.3 Å². The minimum atomic E-state index is -0.400. The lowest BCUT2D eigenvalue weighted by Gasteiger charge is -2.39. The van der Waals surface area contributed by atoms with E-state index in [1.807, 2.05) is 54.0 Å². The Labute approximate surface area is 137 Å². The highest BCUT2D eigenvalue weighted by Crippen LogP contribution is 2.41. The number of carbonyl (C=O) groups is 2. The fraction of sp³-hybridized carbons (Fsp3) is 0.556. The molecular formula is C18H25N3O2. The first kappa shape index (κ1) is 15.8. The maximum atomic E-state index is 13.0. The molecule has 1 aromatic carbocycles. The molecule has 0 unspecified atom stereocenters. The third-order valence-electron chi connectivity index (χ3n) is 4.86. The maximum absolute atomic E-state index is 13.0. The van der Waals surface area contributed by atoms with Gasteiger partial charge in [0.2, 0.25) is 5.91 Å². The molecule has 2 heterocycles. The third-order valence-corrected chi connectivity index (χ3v) is 4.86. The van der Waals surface area contributed by atoms with Gasteiger partial charge in [-0.1, -0.05) is 18.2 Å². The zero-order valence-corrected chi connectivity index (χ0v) is 13.9. The van der Waals surface area contributed by atoms with Crippen LogP contribution in [0.4, 0.5) is 10.5 Å². The molecule has 1 aromatic rings. The van der Waals surface area contributed by atoms with Crippen molar-refractivity contribution in [1.29, 1.82) is 0 Å². The van der Waals surface area contributed by atoms with Crippen LogP contribution in [0, 0.1) is 5.41 Å². The van der Waals surface area contributed by atoms with Gasteiger partial charge in [0.1, 0.15) is 0 Å². The molecule has 0 bridgehead atoms. The highest BCUT2D eigenvalue weighted by atomic mass is 16.2. The van der Waals surface area contributed by atoms with Crippen molar-refractivity contribution >= 4 is 17.6 Å². The molecule has 23 heavy (non-hydrogen) atoms. The summed E-state index contributed by atoms with van der Waals surface area (Å²) in [5.41, 5.74) is 0.556. The molecule has 1 spiro atoms. The average Bonchev–Trinajstić information content (AvgIpc) is 2.84. The molecule has 2 fully saturated rings. The molecule has 124 valence electrons. The van der Waals surface area contributed by atoms with Gasteiger partial charge in [-0.25, -0.2) is 4.79 Å². The van der Waals surface area contributed by atoms with Crippen molar-refractivity contribution in [3.8, 4) is 0 Å². The summed E-state index contributed by atoms with van der Waals surface area (Å²) in [6, 6.07) is 9.88. The zero-order valence-electron chi connectivity index (χ0n) is 13.9. The first-order valence-electron chi connectivity index (χ1n) is 8.44. The number of hydrogen-bond acceptors (Lipinski definition) is 2. The van der Waals surface area contributed by atoms with Crippen LogP contribution in [-0.4, -0.2) is 42.5 Å². The molecular weight excluding hydrogens is 290 g/mol. The quantitative estimate of drug-likeness (QED) is 0.912. The second-order valence-electron chi connectivity index (χ2n) is 6.95. The number of piperidine rings is 1. The van der Waals surface area contributed by atoms with Gasteiger partial charge in [-0.2, -0.15) is 0 Å². The normalized spacial score (nSPS) is 24.6. The van der Waals surface area contributed by atoms with Crippen molar-refractivity contribution in [2.45, 2.75) is 39.2 Å². The SMILES string of the molecule is CC(C)NC(=O)N1CCC[C@]2(CCN(c3ccccc3)C2=O)C1. The first-order chi connectivity index (χ1) is 11.0. The fourth-order valence-electron chi connectivity index (χ4n) is 3.70. The van der Waals surface area contributed by atoms with Crippen LogP contribution in [0.15, 0.2) is 30.3 Å². The van der Waals surface area contributed by atoms with Crippen LogP contribution in [0.1, 0.15) is 33.1 Å². The summed E-state index contributed by atoms with van der Waals surface area (Å²) in [6.45, 7) is 5.92. The summed E-state index contributed by atoms with van der Waals surface area (Å²) in [5.74, 6) is 0.172. The van der Waals surface area contributed by atoms with E-state index in [2.05, 4.69) is 5.32 Å². The number of nitrogens with zero attached hydrogens (tertiary/aromatic N) is 2.